The summed E-state index contributed by atoms with van der Waals surface area (Å²) in [7, 11) is 0. The van der Waals surface area contributed by atoms with E-state index in [1.54, 1.807) is 12.1 Å². The summed E-state index contributed by atoms with van der Waals surface area (Å²) in [6.07, 6.45) is 2.98. The van der Waals surface area contributed by atoms with Crippen molar-refractivity contribution in [1.82, 2.24) is 16.0 Å². The van der Waals surface area contributed by atoms with Crippen molar-refractivity contribution in [3.63, 3.8) is 0 Å². The van der Waals surface area contributed by atoms with E-state index in [4.69, 9.17) is 17.2 Å². The van der Waals surface area contributed by atoms with Gasteiger partial charge in [-0.1, -0.05) is 26.0 Å². The van der Waals surface area contributed by atoms with Crippen molar-refractivity contribution >= 4 is 41.4 Å². The topological polar surface area (TPSA) is 235 Å². The highest BCUT2D eigenvalue weighted by Crippen LogP contribution is 2.12. The van der Waals surface area contributed by atoms with E-state index in [9.17, 15) is 29.4 Å². The maximum absolute atomic E-state index is 13.3. The SMILES string of the molecule is CSCCC(NC(=O)C(CC(C)C)NC(=O)C(CCCN=C(N)N)NC(=O)C(N)Cc1ccc(O)cc1)C(=O)O. The molecule has 0 bridgehead atoms. The van der Waals surface area contributed by atoms with Crippen molar-refractivity contribution in [3.8, 4) is 5.75 Å². The van der Waals surface area contributed by atoms with Gasteiger partial charge in [0.25, 0.3) is 0 Å². The lowest BCUT2D eigenvalue weighted by atomic mass is 10.0. The van der Waals surface area contributed by atoms with E-state index in [1.165, 1.54) is 23.9 Å². The van der Waals surface area contributed by atoms with Crippen molar-refractivity contribution < 1.29 is 29.4 Å². The highest BCUT2D eigenvalue weighted by Gasteiger charge is 2.30. The molecule has 0 saturated heterocycles. The molecule has 1 aromatic rings. The second-order valence-corrected chi connectivity index (χ2v) is 10.8. The Hall–Kier alpha value is -3.52. The first kappa shape index (κ1) is 34.5. The zero-order chi connectivity index (χ0) is 30.2. The molecule has 11 N–H and O–H groups in total. The number of carbonyl (C=O) groups is 4. The Morgan fingerprint density at radius 3 is 2.05 bits per heavy atom. The summed E-state index contributed by atoms with van der Waals surface area (Å²) in [5.41, 5.74) is 17.5. The van der Waals surface area contributed by atoms with E-state index < -0.39 is 47.9 Å². The number of carboxylic acids is 1. The highest BCUT2D eigenvalue weighted by molar-refractivity contribution is 7.98. The maximum atomic E-state index is 13.3. The molecule has 3 amide bonds. The second kappa shape index (κ2) is 17.9. The summed E-state index contributed by atoms with van der Waals surface area (Å²) in [4.78, 5) is 54.8. The smallest absolute Gasteiger partial charge is 0.326 e. The number of carbonyl (C=O) groups excluding carboxylic acids is 3. The average Bonchev–Trinajstić information content (AvgIpc) is 2.88. The number of aliphatic carboxylic acids is 1. The Morgan fingerprint density at radius 1 is 0.925 bits per heavy atom. The number of hydrogen-bond donors (Lipinski definition) is 8. The van der Waals surface area contributed by atoms with E-state index in [1.807, 2.05) is 20.1 Å². The number of phenolic OH excluding ortho intramolecular Hbond substituents is 1. The van der Waals surface area contributed by atoms with Gasteiger partial charge < -0.3 is 43.4 Å². The lowest BCUT2D eigenvalue weighted by molar-refractivity contribution is -0.142. The molecule has 0 fully saturated rings. The second-order valence-electron chi connectivity index (χ2n) is 9.86. The fraction of sp³-hybridized carbons (Fsp3) is 0.577. The van der Waals surface area contributed by atoms with Gasteiger partial charge in [-0.3, -0.25) is 19.4 Å². The lowest BCUT2D eigenvalue weighted by Gasteiger charge is -2.26. The van der Waals surface area contributed by atoms with Gasteiger partial charge in [-0.05, 0) is 67.7 Å². The van der Waals surface area contributed by atoms with Crippen LogP contribution in [0.4, 0.5) is 0 Å². The standard InChI is InChI=1S/C26H43N7O6S/c1-15(2)13-21(24(37)32-20(25(38)39)10-12-40-3)33-23(36)19(5-4-11-30-26(28)29)31-22(35)18(27)14-16-6-8-17(34)9-7-16/h6-9,15,18-21,34H,4-5,10-14,27H2,1-3H3,(H,31,35)(H,32,37)(H,33,36)(H,38,39)(H4,28,29,30). The van der Waals surface area contributed by atoms with Crippen LogP contribution in [0.2, 0.25) is 0 Å². The number of aliphatic imine (C=N–C) groups is 1. The van der Waals surface area contributed by atoms with Gasteiger partial charge in [-0.2, -0.15) is 11.8 Å². The van der Waals surface area contributed by atoms with Gasteiger partial charge in [0.05, 0.1) is 6.04 Å². The van der Waals surface area contributed by atoms with Crippen LogP contribution in [0.5, 0.6) is 5.75 Å². The van der Waals surface area contributed by atoms with E-state index in [0.29, 0.717) is 12.2 Å². The summed E-state index contributed by atoms with van der Waals surface area (Å²) in [5.74, 6) is -2.47. The largest absolute Gasteiger partial charge is 0.508 e. The lowest BCUT2D eigenvalue weighted by Crippen LogP contribution is -2.57. The van der Waals surface area contributed by atoms with Gasteiger partial charge in [0.2, 0.25) is 17.7 Å². The number of hydrogen-bond acceptors (Lipinski definition) is 8. The van der Waals surface area contributed by atoms with E-state index in [2.05, 4.69) is 20.9 Å². The van der Waals surface area contributed by atoms with Crippen LogP contribution in [-0.4, -0.2) is 82.6 Å². The number of rotatable bonds is 18. The summed E-state index contributed by atoms with van der Waals surface area (Å²) < 4.78 is 0. The number of benzene rings is 1. The third-order valence-electron chi connectivity index (χ3n) is 5.87. The fourth-order valence-electron chi connectivity index (χ4n) is 3.77. The zero-order valence-corrected chi connectivity index (χ0v) is 24.1. The van der Waals surface area contributed by atoms with Crippen molar-refractivity contribution in [2.75, 3.05) is 18.6 Å². The molecule has 0 aliphatic rings. The maximum Gasteiger partial charge on any atom is 0.326 e. The third kappa shape index (κ3) is 13.5. The number of nitrogens with zero attached hydrogens (tertiary/aromatic N) is 1. The van der Waals surface area contributed by atoms with Gasteiger partial charge in [0.15, 0.2) is 5.96 Å². The molecule has 13 nitrogen and oxygen atoms in total. The van der Waals surface area contributed by atoms with Crippen LogP contribution < -0.4 is 33.2 Å². The van der Waals surface area contributed by atoms with Crippen LogP contribution in [0.1, 0.15) is 45.1 Å². The molecule has 4 unspecified atom stereocenters. The number of phenols is 1. The molecule has 224 valence electrons. The third-order valence-corrected chi connectivity index (χ3v) is 6.52. The van der Waals surface area contributed by atoms with Crippen LogP contribution >= 0.6 is 11.8 Å². The minimum Gasteiger partial charge on any atom is -0.508 e. The molecule has 1 aromatic carbocycles. The Bertz CT molecular complexity index is 1000. The number of guanidine groups is 1. The molecule has 14 heteroatoms. The fourth-order valence-corrected chi connectivity index (χ4v) is 4.24. The van der Waals surface area contributed by atoms with Crippen LogP contribution in [0.3, 0.4) is 0 Å². The predicted octanol–water partition coefficient (Wildman–Crippen LogP) is -0.346. The van der Waals surface area contributed by atoms with Crippen molar-refractivity contribution in [2.24, 2.45) is 28.1 Å². The molecule has 0 saturated carbocycles. The molecule has 0 radical (unpaired) electrons. The average molecular weight is 582 g/mol. The number of aromatic hydroxyl groups is 1. The first-order valence-corrected chi connectivity index (χ1v) is 14.4. The highest BCUT2D eigenvalue weighted by atomic mass is 32.2. The minimum absolute atomic E-state index is 0.000774. The van der Waals surface area contributed by atoms with Gasteiger partial charge in [-0.25, -0.2) is 4.79 Å². The normalized spacial score (nSPS) is 13.9. The molecule has 1 rings (SSSR count). The summed E-state index contributed by atoms with van der Waals surface area (Å²) in [6, 6.07) is 2.08. The molecule has 0 spiro atoms. The first-order valence-electron chi connectivity index (χ1n) is 13.1. The monoisotopic (exact) mass is 581 g/mol. The Kier molecular flexibility index (Phi) is 15.5. The van der Waals surface area contributed by atoms with Crippen LogP contribution in [0.15, 0.2) is 29.3 Å². The van der Waals surface area contributed by atoms with Crippen molar-refractivity contribution in [3.05, 3.63) is 29.8 Å². The number of nitrogens with two attached hydrogens (primary N) is 3. The van der Waals surface area contributed by atoms with E-state index in [0.717, 1.165) is 5.56 Å². The summed E-state index contributed by atoms with van der Waals surface area (Å²) in [5, 5.41) is 26.8. The van der Waals surface area contributed by atoms with E-state index >= 15 is 0 Å². The van der Waals surface area contributed by atoms with Crippen LogP contribution in [0, 0.1) is 5.92 Å². The Morgan fingerprint density at radius 2 is 1.50 bits per heavy atom. The van der Waals surface area contributed by atoms with Crippen molar-refractivity contribution in [1.29, 1.82) is 0 Å². The van der Waals surface area contributed by atoms with Crippen LogP contribution in [0.25, 0.3) is 0 Å². The van der Waals surface area contributed by atoms with Gasteiger partial charge in [-0.15, -0.1) is 0 Å². The van der Waals surface area contributed by atoms with Crippen molar-refractivity contribution in [2.45, 2.75) is 70.1 Å². The molecule has 0 heterocycles. The Balaban J connectivity index is 3.02. The number of carboxylic acid groups (broad SMARTS) is 1. The number of nitrogens with one attached hydrogen (secondary N) is 3. The predicted molar refractivity (Wildman–Crippen MR) is 156 cm³/mol. The molecule has 4 atom stereocenters. The molecule has 0 aliphatic heterocycles. The molecule has 0 aliphatic carbocycles. The molecule has 40 heavy (non-hydrogen) atoms. The van der Waals surface area contributed by atoms with Gasteiger partial charge in [0.1, 0.15) is 23.9 Å². The minimum atomic E-state index is -1.16. The Labute approximate surface area is 239 Å². The van der Waals surface area contributed by atoms with Crippen LogP contribution in [-0.2, 0) is 25.6 Å². The molecular weight excluding hydrogens is 538 g/mol. The number of thioether (sulfide) groups is 1. The molecular formula is C26H43N7O6S. The zero-order valence-electron chi connectivity index (χ0n) is 23.3. The molecule has 0 aromatic heterocycles. The van der Waals surface area contributed by atoms with Gasteiger partial charge in [0, 0.05) is 6.54 Å². The summed E-state index contributed by atoms with van der Waals surface area (Å²) >= 11 is 1.46. The van der Waals surface area contributed by atoms with Gasteiger partial charge >= 0.3 is 5.97 Å². The number of amides is 3. The van der Waals surface area contributed by atoms with E-state index in [-0.39, 0.29) is 49.9 Å². The quantitative estimate of drug-likeness (QED) is 0.0637. The summed E-state index contributed by atoms with van der Waals surface area (Å²) in [6.45, 7) is 3.95. The first-order chi connectivity index (χ1) is 18.8.